The van der Waals surface area contributed by atoms with Gasteiger partial charge in [0.15, 0.2) is 0 Å². The summed E-state index contributed by atoms with van der Waals surface area (Å²) in [6.45, 7) is 1.78. The van der Waals surface area contributed by atoms with E-state index in [4.69, 9.17) is 63.3 Å². The third kappa shape index (κ3) is 5.23. The molecular formula is C25H16Cl5N3O2. The fourth-order valence-corrected chi connectivity index (χ4v) is 5.17. The molecule has 4 rings (SSSR count). The van der Waals surface area contributed by atoms with Crippen molar-refractivity contribution in [3.63, 3.8) is 0 Å². The lowest BCUT2D eigenvalue weighted by molar-refractivity contribution is -0.117. The summed E-state index contributed by atoms with van der Waals surface area (Å²) >= 11 is 31.2. The van der Waals surface area contributed by atoms with Crippen LogP contribution in [0.4, 0.5) is 11.4 Å². The molecule has 10 heteroatoms. The molecule has 3 aromatic carbocycles. The highest BCUT2D eigenvalue weighted by atomic mass is 35.5. The maximum absolute atomic E-state index is 13.0. The fourth-order valence-electron chi connectivity index (χ4n) is 3.83. The molecule has 0 saturated heterocycles. The molecule has 0 radical (unpaired) electrons. The van der Waals surface area contributed by atoms with Crippen LogP contribution < -0.4 is 10.6 Å². The van der Waals surface area contributed by atoms with Gasteiger partial charge in [-0.25, -0.2) is 0 Å². The molecule has 0 heterocycles. The topological polar surface area (TPSA) is 82.0 Å². The number of alkyl halides is 2. The van der Waals surface area contributed by atoms with Gasteiger partial charge in [0.1, 0.15) is 4.33 Å². The number of benzene rings is 3. The van der Waals surface area contributed by atoms with Crippen LogP contribution in [0, 0.1) is 24.2 Å². The second-order valence-corrected chi connectivity index (χ2v) is 10.7. The largest absolute Gasteiger partial charge is 0.326 e. The molecule has 0 bridgehead atoms. The molecule has 0 aliphatic heterocycles. The zero-order chi connectivity index (χ0) is 25.5. The number of nitrogens with zero attached hydrogens (tertiary/aromatic N) is 1. The molecule has 3 aromatic rings. The lowest BCUT2D eigenvalue weighted by atomic mass is 10.1. The van der Waals surface area contributed by atoms with Crippen LogP contribution in [0.2, 0.25) is 15.1 Å². The van der Waals surface area contributed by atoms with Crippen molar-refractivity contribution in [2.75, 3.05) is 10.6 Å². The standard InChI is InChI=1S/C25H16Cl5N3O2/c1-12-8-13(11-31)2-7-20(12)33-23(34)16-10-15(4-6-17(16)26)32-24(35)22-21(25(22,29)30)14-3-5-18(27)19(28)9-14/h2-10,21-22H,1H3,(H,32,35)(H,33,34)/t21-,22+/m1/s1. The van der Waals surface area contributed by atoms with E-state index in [1.54, 1.807) is 49.4 Å². The molecule has 2 atom stereocenters. The highest BCUT2D eigenvalue weighted by Gasteiger charge is 2.67. The average Bonchev–Trinajstić information content (AvgIpc) is 3.40. The van der Waals surface area contributed by atoms with Crippen LogP contribution in [0.15, 0.2) is 54.6 Å². The van der Waals surface area contributed by atoms with Gasteiger partial charge in [0.05, 0.1) is 38.2 Å². The molecule has 0 unspecified atom stereocenters. The van der Waals surface area contributed by atoms with Gasteiger partial charge in [0, 0.05) is 17.3 Å². The van der Waals surface area contributed by atoms with E-state index in [1.165, 1.54) is 12.1 Å². The van der Waals surface area contributed by atoms with Crippen molar-refractivity contribution in [1.82, 2.24) is 0 Å². The lowest BCUT2D eigenvalue weighted by Gasteiger charge is -2.12. The maximum atomic E-state index is 13.0. The zero-order valence-electron chi connectivity index (χ0n) is 18.0. The van der Waals surface area contributed by atoms with E-state index in [0.717, 1.165) is 5.56 Å². The van der Waals surface area contributed by atoms with Crippen molar-refractivity contribution in [2.45, 2.75) is 17.2 Å². The van der Waals surface area contributed by atoms with Crippen LogP contribution in [-0.4, -0.2) is 16.1 Å². The predicted molar refractivity (Wildman–Crippen MR) is 141 cm³/mol. The molecule has 2 N–H and O–H groups in total. The Kier molecular flexibility index (Phi) is 7.24. The Morgan fingerprint density at radius 2 is 1.63 bits per heavy atom. The van der Waals surface area contributed by atoms with Crippen molar-refractivity contribution in [3.8, 4) is 6.07 Å². The van der Waals surface area contributed by atoms with E-state index in [9.17, 15) is 9.59 Å². The van der Waals surface area contributed by atoms with Crippen LogP contribution in [0.5, 0.6) is 0 Å². The third-order valence-corrected chi connectivity index (χ3v) is 7.73. The summed E-state index contributed by atoms with van der Waals surface area (Å²) < 4.78 is -1.32. The Bertz CT molecular complexity index is 1400. The summed E-state index contributed by atoms with van der Waals surface area (Å²) in [5.41, 5.74) is 2.95. The first-order chi connectivity index (χ1) is 16.5. The number of amides is 2. The van der Waals surface area contributed by atoms with Gasteiger partial charge < -0.3 is 10.6 Å². The molecule has 1 saturated carbocycles. The van der Waals surface area contributed by atoms with Gasteiger partial charge >= 0.3 is 0 Å². The van der Waals surface area contributed by atoms with E-state index < -0.39 is 28.0 Å². The second-order valence-electron chi connectivity index (χ2n) is 8.08. The minimum absolute atomic E-state index is 0.160. The van der Waals surface area contributed by atoms with Crippen LogP contribution in [0.25, 0.3) is 0 Å². The van der Waals surface area contributed by atoms with Gasteiger partial charge in [-0.05, 0) is 66.6 Å². The van der Waals surface area contributed by atoms with Crippen LogP contribution in [-0.2, 0) is 4.79 Å². The summed E-state index contributed by atoms with van der Waals surface area (Å²) in [6.07, 6.45) is 0. The number of hydrogen-bond acceptors (Lipinski definition) is 3. The Morgan fingerprint density at radius 3 is 2.29 bits per heavy atom. The van der Waals surface area contributed by atoms with E-state index in [0.29, 0.717) is 32.5 Å². The Hall–Kier alpha value is -2.46. The number of rotatable bonds is 5. The predicted octanol–water partition coefficient (Wildman–Crippen LogP) is 7.61. The molecular weight excluding hydrogens is 552 g/mol. The minimum atomic E-state index is -1.32. The van der Waals surface area contributed by atoms with Gasteiger partial charge in [-0.15, -0.1) is 23.2 Å². The number of hydrogen-bond donors (Lipinski definition) is 2. The smallest absolute Gasteiger partial charge is 0.257 e. The number of aryl methyl sites for hydroxylation is 1. The van der Waals surface area contributed by atoms with Crippen molar-refractivity contribution >= 4 is 81.2 Å². The Labute approximate surface area is 226 Å². The van der Waals surface area contributed by atoms with Crippen LogP contribution in [0.1, 0.15) is 33.0 Å². The van der Waals surface area contributed by atoms with Gasteiger partial charge in [-0.3, -0.25) is 9.59 Å². The van der Waals surface area contributed by atoms with Crippen molar-refractivity contribution in [1.29, 1.82) is 5.26 Å². The average molecular weight is 568 g/mol. The van der Waals surface area contributed by atoms with Crippen molar-refractivity contribution in [3.05, 3.63) is 91.9 Å². The second kappa shape index (κ2) is 9.89. The quantitative estimate of drug-likeness (QED) is 0.312. The first-order valence-corrected chi connectivity index (χ1v) is 12.2. The Morgan fingerprint density at radius 1 is 0.914 bits per heavy atom. The lowest BCUT2D eigenvalue weighted by Crippen LogP contribution is -2.18. The zero-order valence-corrected chi connectivity index (χ0v) is 21.8. The summed E-state index contributed by atoms with van der Waals surface area (Å²) in [6, 6.07) is 16.5. The van der Waals surface area contributed by atoms with E-state index in [2.05, 4.69) is 10.6 Å². The number of carbonyl (C=O) groups is 2. The highest BCUT2D eigenvalue weighted by molar-refractivity contribution is 6.53. The van der Waals surface area contributed by atoms with Gasteiger partial charge in [0.2, 0.25) is 5.91 Å². The molecule has 0 spiro atoms. The first kappa shape index (κ1) is 25.6. The molecule has 1 aliphatic rings. The normalized spacial score (nSPS) is 17.9. The Balaban J connectivity index is 1.51. The maximum Gasteiger partial charge on any atom is 0.257 e. The molecule has 1 fully saturated rings. The molecule has 178 valence electrons. The number of nitrogens with one attached hydrogen (secondary N) is 2. The summed E-state index contributed by atoms with van der Waals surface area (Å²) in [4.78, 5) is 25.9. The van der Waals surface area contributed by atoms with E-state index in [1.807, 2.05) is 6.07 Å². The van der Waals surface area contributed by atoms with Crippen LogP contribution in [0.3, 0.4) is 0 Å². The van der Waals surface area contributed by atoms with Crippen molar-refractivity contribution < 1.29 is 9.59 Å². The van der Waals surface area contributed by atoms with Gasteiger partial charge in [0.25, 0.3) is 5.91 Å². The number of nitriles is 1. The monoisotopic (exact) mass is 565 g/mol. The van der Waals surface area contributed by atoms with Crippen LogP contribution >= 0.6 is 58.0 Å². The summed E-state index contributed by atoms with van der Waals surface area (Å²) in [5.74, 6) is -2.10. The SMILES string of the molecule is Cc1cc(C#N)ccc1NC(=O)c1cc(NC(=O)[C@@H]2[C@@H](c3ccc(Cl)c(Cl)c3)C2(Cl)Cl)ccc1Cl. The summed E-state index contributed by atoms with van der Waals surface area (Å²) in [7, 11) is 0. The molecule has 2 amide bonds. The van der Waals surface area contributed by atoms with Gasteiger partial charge in [-0.1, -0.05) is 40.9 Å². The van der Waals surface area contributed by atoms with Gasteiger partial charge in [-0.2, -0.15) is 5.26 Å². The number of anilines is 2. The molecule has 35 heavy (non-hydrogen) atoms. The number of halogens is 5. The first-order valence-electron chi connectivity index (χ1n) is 10.3. The highest BCUT2D eigenvalue weighted by Crippen LogP contribution is 2.65. The molecule has 1 aliphatic carbocycles. The molecule has 5 nitrogen and oxygen atoms in total. The fraction of sp³-hybridized carbons (Fsp3) is 0.160. The van der Waals surface area contributed by atoms with E-state index >= 15 is 0 Å². The third-order valence-electron chi connectivity index (χ3n) is 5.72. The van der Waals surface area contributed by atoms with Crippen molar-refractivity contribution in [2.24, 2.45) is 5.92 Å². The minimum Gasteiger partial charge on any atom is -0.326 e. The number of carbonyl (C=O) groups excluding carboxylic acids is 2. The summed E-state index contributed by atoms with van der Waals surface area (Å²) in [5, 5.41) is 15.5. The molecule has 0 aromatic heterocycles. The van der Waals surface area contributed by atoms with E-state index in [-0.39, 0.29) is 10.6 Å².